The fourth-order valence-electron chi connectivity index (χ4n) is 3.71. The lowest BCUT2D eigenvalue weighted by Crippen LogP contribution is -2.29. The smallest absolute Gasteiger partial charge is 0.248 e. The van der Waals surface area contributed by atoms with E-state index in [2.05, 4.69) is 29.6 Å². The van der Waals surface area contributed by atoms with Gasteiger partial charge in [-0.25, -0.2) is 4.39 Å². The van der Waals surface area contributed by atoms with Crippen LogP contribution >= 0.6 is 0 Å². The molecule has 0 saturated heterocycles. The van der Waals surface area contributed by atoms with Crippen LogP contribution in [0.1, 0.15) is 27.0 Å². The van der Waals surface area contributed by atoms with Crippen LogP contribution in [0.3, 0.4) is 0 Å². The molecule has 0 aliphatic heterocycles. The molecule has 3 aromatic rings. The molecule has 4 heteroatoms. The van der Waals surface area contributed by atoms with Gasteiger partial charge in [0.1, 0.15) is 5.82 Å². The summed E-state index contributed by atoms with van der Waals surface area (Å²) in [5, 5.41) is 3.49. The summed E-state index contributed by atoms with van der Waals surface area (Å²) in [7, 11) is 0. The minimum absolute atomic E-state index is 0.229. The highest BCUT2D eigenvalue weighted by molar-refractivity contribution is 5.93. The highest BCUT2D eigenvalue weighted by Crippen LogP contribution is 2.26. The van der Waals surface area contributed by atoms with Crippen molar-refractivity contribution in [2.45, 2.75) is 25.4 Å². The molecule has 0 heterocycles. The summed E-state index contributed by atoms with van der Waals surface area (Å²) < 4.78 is 15.0. The Kier molecular flexibility index (Phi) is 4.73. The zero-order valence-electron chi connectivity index (χ0n) is 14.9. The Bertz CT molecular complexity index is 957. The van der Waals surface area contributed by atoms with E-state index in [4.69, 9.17) is 5.73 Å². The summed E-state index contributed by atoms with van der Waals surface area (Å²) in [4.78, 5) is 11.2. The van der Waals surface area contributed by atoms with Gasteiger partial charge in [-0.15, -0.1) is 0 Å². The third-order valence-corrected chi connectivity index (χ3v) is 5.19. The molecule has 3 aromatic carbocycles. The molecule has 3 N–H and O–H groups in total. The van der Waals surface area contributed by atoms with Crippen molar-refractivity contribution in [2.75, 3.05) is 0 Å². The van der Waals surface area contributed by atoms with Crippen LogP contribution in [0.15, 0.2) is 66.7 Å². The second-order valence-electron chi connectivity index (χ2n) is 6.98. The quantitative estimate of drug-likeness (QED) is 0.726. The van der Waals surface area contributed by atoms with Crippen molar-refractivity contribution in [3.63, 3.8) is 0 Å². The molecule has 1 aliphatic rings. The third kappa shape index (κ3) is 3.62. The number of carbonyl (C=O) groups is 1. The van der Waals surface area contributed by atoms with Crippen molar-refractivity contribution in [2.24, 2.45) is 5.73 Å². The molecule has 0 aromatic heterocycles. The van der Waals surface area contributed by atoms with Gasteiger partial charge < -0.3 is 11.1 Å². The minimum atomic E-state index is -0.488. The minimum Gasteiger partial charge on any atom is -0.366 e. The van der Waals surface area contributed by atoms with E-state index >= 15 is 4.39 Å². The van der Waals surface area contributed by atoms with Gasteiger partial charge in [0.05, 0.1) is 0 Å². The maximum atomic E-state index is 15.0. The summed E-state index contributed by atoms with van der Waals surface area (Å²) in [6.45, 7) is 0.484. The topological polar surface area (TPSA) is 55.1 Å². The van der Waals surface area contributed by atoms with Gasteiger partial charge in [0.15, 0.2) is 0 Å². The van der Waals surface area contributed by atoms with Gasteiger partial charge in [-0.3, -0.25) is 4.79 Å². The lowest BCUT2D eigenvalue weighted by atomic mass is 10.0. The van der Waals surface area contributed by atoms with Crippen LogP contribution in [-0.4, -0.2) is 11.9 Å². The van der Waals surface area contributed by atoms with Crippen LogP contribution in [0.25, 0.3) is 11.1 Å². The van der Waals surface area contributed by atoms with E-state index in [-0.39, 0.29) is 5.82 Å². The molecule has 0 bridgehead atoms. The summed E-state index contributed by atoms with van der Waals surface area (Å²) in [5.41, 5.74) is 10.3. The number of hydrogen-bond donors (Lipinski definition) is 2. The molecule has 0 spiro atoms. The molecule has 0 fully saturated rings. The van der Waals surface area contributed by atoms with Crippen LogP contribution in [0.5, 0.6) is 0 Å². The highest BCUT2D eigenvalue weighted by atomic mass is 19.1. The zero-order chi connectivity index (χ0) is 18.8. The molecule has 4 rings (SSSR count). The molecule has 1 aliphatic carbocycles. The molecule has 136 valence electrons. The van der Waals surface area contributed by atoms with Crippen molar-refractivity contribution in [1.82, 2.24) is 5.32 Å². The van der Waals surface area contributed by atoms with E-state index in [0.717, 1.165) is 18.4 Å². The molecule has 0 saturated carbocycles. The Morgan fingerprint density at radius 1 is 0.963 bits per heavy atom. The van der Waals surface area contributed by atoms with Crippen LogP contribution < -0.4 is 11.1 Å². The summed E-state index contributed by atoms with van der Waals surface area (Å²) in [5.74, 6) is -0.718. The monoisotopic (exact) mass is 360 g/mol. The third-order valence-electron chi connectivity index (χ3n) is 5.19. The SMILES string of the molecule is NC(=O)c1ccc(-c2cccc(CNC3Cc4ccccc4C3)c2F)cc1. The molecule has 1 amide bonds. The Morgan fingerprint density at radius 3 is 2.26 bits per heavy atom. The second kappa shape index (κ2) is 7.33. The first-order valence-electron chi connectivity index (χ1n) is 9.09. The molecular weight excluding hydrogens is 339 g/mol. The number of carbonyl (C=O) groups excluding carboxylic acids is 1. The molecular formula is C23H21FN2O. The Labute approximate surface area is 158 Å². The summed E-state index contributed by atoms with van der Waals surface area (Å²) >= 11 is 0. The van der Waals surface area contributed by atoms with Gasteiger partial charge in [0.25, 0.3) is 0 Å². The van der Waals surface area contributed by atoms with E-state index in [9.17, 15) is 4.79 Å². The predicted molar refractivity (Wildman–Crippen MR) is 105 cm³/mol. The normalized spacial score (nSPS) is 13.5. The van der Waals surface area contributed by atoms with Gasteiger partial charge in [-0.2, -0.15) is 0 Å². The van der Waals surface area contributed by atoms with E-state index < -0.39 is 5.91 Å². The number of rotatable bonds is 5. The average Bonchev–Trinajstić information content (AvgIpc) is 3.10. The van der Waals surface area contributed by atoms with E-state index in [1.807, 2.05) is 12.1 Å². The van der Waals surface area contributed by atoms with Crippen molar-refractivity contribution >= 4 is 5.91 Å². The molecule has 0 radical (unpaired) electrons. The van der Waals surface area contributed by atoms with Crippen molar-refractivity contribution in [1.29, 1.82) is 0 Å². The van der Waals surface area contributed by atoms with Gasteiger partial charge in [-0.05, 0) is 41.7 Å². The largest absolute Gasteiger partial charge is 0.366 e. The maximum absolute atomic E-state index is 15.0. The Balaban J connectivity index is 1.48. The van der Waals surface area contributed by atoms with Gasteiger partial charge in [0, 0.05) is 29.3 Å². The molecule has 0 unspecified atom stereocenters. The molecule has 0 atom stereocenters. The van der Waals surface area contributed by atoms with Crippen LogP contribution in [-0.2, 0) is 19.4 Å². The zero-order valence-corrected chi connectivity index (χ0v) is 14.9. The van der Waals surface area contributed by atoms with Crippen LogP contribution in [0, 0.1) is 5.82 Å². The first kappa shape index (κ1) is 17.4. The van der Waals surface area contributed by atoms with Crippen molar-refractivity contribution in [3.05, 3.63) is 94.8 Å². The van der Waals surface area contributed by atoms with E-state index in [1.54, 1.807) is 30.3 Å². The molecule has 27 heavy (non-hydrogen) atoms. The number of fused-ring (bicyclic) bond motifs is 1. The summed E-state index contributed by atoms with van der Waals surface area (Å²) in [6.07, 6.45) is 1.96. The average molecular weight is 360 g/mol. The lowest BCUT2D eigenvalue weighted by molar-refractivity contribution is 0.100. The van der Waals surface area contributed by atoms with E-state index in [0.29, 0.717) is 29.3 Å². The van der Waals surface area contributed by atoms with Crippen molar-refractivity contribution < 1.29 is 9.18 Å². The maximum Gasteiger partial charge on any atom is 0.248 e. The Hall–Kier alpha value is -2.98. The number of primary amides is 1. The number of benzene rings is 3. The Morgan fingerprint density at radius 2 is 1.63 bits per heavy atom. The second-order valence-corrected chi connectivity index (χ2v) is 6.98. The number of nitrogens with one attached hydrogen (secondary N) is 1. The highest BCUT2D eigenvalue weighted by Gasteiger charge is 2.21. The number of halogens is 1. The van der Waals surface area contributed by atoms with Crippen LogP contribution in [0.4, 0.5) is 4.39 Å². The van der Waals surface area contributed by atoms with Gasteiger partial charge in [-0.1, -0.05) is 54.6 Å². The number of nitrogens with two attached hydrogens (primary N) is 1. The fourth-order valence-corrected chi connectivity index (χ4v) is 3.71. The van der Waals surface area contributed by atoms with E-state index in [1.165, 1.54) is 11.1 Å². The predicted octanol–water partition coefficient (Wildman–Crippen LogP) is 3.85. The van der Waals surface area contributed by atoms with Crippen LogP contribution in [0.2, 0.25) is 0 Å². The van der Waals surface area contributed by atoms with Gasteiger partial charge >= 0.3 is 0 Å². The summed E-state index contributed by atoms with van der Waals surface area (Å²) in [6, 6.07) is 20.9. The first-order chi connectivity index (χ1) is 13.1. The fraction of sp³-hybridized carbons (Fsp3) is 0.174. The number of hydrogen-bond acceptors (Lipinski definition) is 2. The molecule has 3 nitrogen and oxygen atoms in total. The van der Waals surface area contributed by atoms with Gasteiger partial charge in [0.2, 0.25) is 5.91 Å². The first-order valence-corrected chi connectivity index (χ1v) is 9.09. The number of amides is 1. The van der Waals surface area contributed by atoms with Crippen molar-refractivity contribution in [3.8, 4) is 11.1 Å². The lowest BCUT2D eigenvalue weighted by Gasteiger charge is -2.14. The standard InChI is InChI=1S/C23H21FN2O/c24-22-19(14-26-20-12-17-4-1-2-5-18(17)13-20)6-3-7-21(22)15-8-10-16(11-9-15)23(25)27/h1-11,20,26H,12-14H2,(H2,25,27).